The molecule has 1 aliphatic heterocycles. The van der Waals surface area contributed by atoms with Crippen LogP contribution in [0.25, 0.3) is 0 Å². The Morgan fingerprint density at radius 1 is 1.17 bits per heavy atom. The molecule has 156 valence electrons. The number of aryl methyl sites for hydroxylation is 1. The van der Waals surface area contributed by atoms with Crippen molar-refractivity contribution in [2.45, 2.75) is 50.5 Å². The van der Waals surface area contributed by atoms with Crippen molar-refractivity contribution in [2.75, 3.05) is 17.5 Å². The second kappa shape index (κ2) is 9.31. The van der Waals surface area contributed by atoms with Gasteiger partial charge in [0.25, 0.3) is 15.9 Å². The first-order chi connectivity index (χ1) is 13.9. The van der Waals surface area contributed by atoms with Crippen LogP contribution in [0.3, 0.4) is 0 Å². The summed E-state index contributed by atoms with van der Waals surface area (Å²) in [4.78, 5) is 12.1. The monoisotopic (exact) mass is 416 g/mol. The van der Waals surface area contributed by atoms with E-state index in [0.29, 0.717) is 12.3 Å². The minimum Gasteiger partial charge on any atom is -0.484 e. The number of sulfonamides is 1. The van der Waals surface area contributed by atoms with Gasteiger partial charge in [-0.05, 0) is 62.1 Å². The van der Waals surface area contributed by atoms with Crippen LogP contribution in [0.4, 0.5) is 5.69 Å². The molecule has 3 rings (SSSR count). The maximum Gasteiger partial charge on any atom is 0.264 e. The maximum atomic E-state index is 13.1. The van der Waals surface area contributed by atoms with E-state index < -0.39 is 10.0 Å². The number of fused-ring (bicyclic) bond motifs is 1. The standard InChI is InChI=1S/C22H28N2O4S/c1-3-7-17(2)23-22(25)16-28-19-11-13-20(14-12-19)29(26,27)24-15-6-9-18-8-4-5-10-21(18)24/h4-5,8,10-14,17H,3,6-7,9,15-16H2,1-2H3,(H,23,25)/t17-/m1/s1. The molecule has 1 atom stereocenters. The molecule has 2 aromatic rings. The molecule has 1 N–H and O–H groups in total. The number of anilines is 1. The van der Waals surface area contributed by atoms with Gasteiger partial charge in [0, 0.05) is 12.6 Å². The Labute approximate surface area is 172 Å². The van der Waals surface area contributed by atoms with Crippen molar-refractivity contribution >= 4 is 21.6 Å². The topological polar surface area (TPSA) is 75.7 Å². The fourth-order valence-electron chi connectivity index (χ4n) is 3.55. The second-order valence-electron chi connectivity index (χ2n) is 7.33. The van der Waals surface area contributed by atoms with Crippen LogP contribution >= 0.6 is 0 Å². The summed E-state index contributed by atoms with van der Waals surface area (Å²) in [5.41, 5.74) is 1.79. The molecule has 29 heavy (non-hydrogen) atoms. The lowest BCUT2D eigenvalue weighted by atomic mass is 10.0. The Balaban J connectivity index is 1.66. The van der Waals surface area contributed by atoms with E-state index >= 15 is 0 Å². The Morgan fingerprint density at radius 3 is 2.62 bits per heavy atom. The van der Waals surface area contributed by atoms with Gasteiger partial charge < -0.3 is 10.1 Å². The number of amides is 1. The van der Waals surface area contributed by atoms with E-state index in [1.165, 1.54) is 16.4 Å². The molecule has 6 nitrogen and oxygen atoms in total. The Morgan fingerprint density at radius 2 is 1.90 bits per heavy atom. The molecular formula is C22H28N2O4S. The van der Waals surface area contributed by atoms with Crippen LogP contribution in [0.5, 0.6) is 5.75 Å². The van der Waals surface area contributed by atoms with Gasteiger partial charge >= 0.3 is 0 Å². The number of ether oxygens (including phenoxy) is 1. The molecule has 0 saturated carbocycles. The van der Waals surface area contributed by atoms with Crippen molar-refractivity contribution in [1.29, 1.82) is 0 Å². The Hall–Kier alpha value is -2.54. The van der Waals surface area contributed by atoms with Gasteiger partial charge in [-0.1, -0.05) is 31.5 Å². The van der Waals surface area contributed by atoms with Crippen LogP contribution in [0.1, 0.15) is 38.7 Å². The van der Waals surface area contributed by atoms with Crippen molar-refractivity contribution in [3.05, 3.63) is 54.1 Å². The van der Waals surface area contributed by atoms with Gasteiger partial charge in [-0.3, -0.25) is 9.10 Å². The molecule has 1 aliphatic rings. The van der Waals surface area contributed by atoms with E-state index in [2.05, 4.69) is 12.2 Å². The van der Waals surface area contributed by atoms with Gasteiger partial charge in [0.1, 0.15) is 5.75 Å². The molecule has 0 fully saturated rings. The smallest absolute Gasteiger partial charge is 0.264 e. The zero-order chi connectivity index (χ0) is 20.9. The molecule has 7 heteroatoms. The van der Waals surface area contributed by atoms with E-state index in [0.717, 1.165) is 36.9 Å². The summed E-state index contributed by atoms with van der Waals surface area (Å²) in [7, 11) is -3.65. The zero-order valence-electron chi connectivity index (χ0n) is 16.9. The zero-order valence-corrected chi connectivity index (χ0v) is 17.7. The Bertz CT molecular complexity index is 942. The average Bonchev–Trinajstić information content (AvgIpc) is 2.72. The number of nitrogens with zero attached hydrogens (tertiary/aromatic N) is 1. The molecule has 0 radical (unpaired) electrons. The van der Waals surface area contributed by atoms with Crippen molar-refractivity contribution < 1.29 is 17.9 Å². The highest BCUT2D eigenvalue weighted by Crippen LogP contribution is 2.32. The number of carbonyl (C=O) groups is 1. The van der Waals surface area contributed by atoms with Crippen LogP contribution in [-0.2, 0) is 21.2 Å². The summed E-state index contributed by atoms with van der Waals surface area (Å²) < 4.78 is 33.2. The largest absolute Gasteiger partial charge is 0.484 e. The number of nitrogens with one attached hydrogen (secondary N) is 1. The molecular weight excluding hydrogens is 388 g/mol. The first kappa shape index (κ1) is 21.2. The lowest BCUT2D eigenvalue weighted by Gasteiger charge is -2.30. The predicted octanol–water partition coefficient (Wildman–Crippen LogP) is 3.51. The summed E-state index contributed by atoms with van der Waals surface area (Å²) in [5, 5.41) is 2.87. The molecule has 0 spiro atoms. The summed E-state index contributed by atoms with van der Waals surface area (Å²) in [6.07, 6.45) is 3.59. The van der Waals surface area contributed by atoms with Crippen LogP contribution in [-0.4, -0.2) is 33.5 Å². The lowest BCUT2D eigenvalue weighted by molar-refractivity contribution is -0.123. The fourth-order valence-corrected chi connectivity index (χ4v) is 5.10. The lowest BCUT2D eigenvalue weighted by Crippen LogP contribution is -2.36. The number of hydrogen-bond acceptors (Lipinski definition) is 4. The van der Waals surface area contributed by atoms with Crippen molar-refractivity contribution in [3.63, 3.8) is 0 Å². The highest BCUT2D eigenvalue weighted by atomic mass is 32.2. The highest BCUT2D eigenvalue weighted by molar-refractivity contribution is 7.92. The van der Waals surface area contributed by atoms with Crippen LogP contribution in [0.15, 0.2) is 53.4 Å². The molecule has 1 amide bonds. The molecule has 1 heterocycles. The van der Waals surface area contributed by atoms with E-state index in [9.17, 15) is 13.2 Å². The molecule has 0 unspecified atom stereocenters. The molecule has 0 aliphatic carbocycles. The van der Waals surface area contributed by atoms with Gasteiger partial charge in [0.05, 0.1) is 10.6 Å². The quantitative estimate of drug-likeness (QED) is 0.715. The summed E-state index contributed by atoms with van der Waals surface area (Å²) in [6.45, 7) is 4.39. The Kier molecular flexibility index (Phi) is 6.79. The summed E-state index contributed by atoms with van der Waals surface area (Å²) in [5.74, 6) is 0.272. The minimum atomic E-state index is -3.65. The average molecular weight is 417 g/mol. The summed E-state index contributed by atoms with van der Waals surface area (Å²) >= 11 is 0. The van der Waals surface area contributed by atoms with Crippen molar-refractivity contribution in [2.24, 2.45) is 0 Å². The number of para-hydroxylation sites is 1. The third kappa shape index (κ3) is 5.09. The minimum absolute atomic E-state index is 0.0976. The van der Waals surface area contributed by atoms with Crippen LogP contribution in [0, 0.1) is 0 Å². The van der Waals surface area contributed by atoms with Gasteiger partial charge in [0.15, 0.2) is 6.61 Å². The number of hydrogen-bond donors (Lipinski definition) is 1. The van der Waals surface area contributed by atoms with Crippen molar-refractivity contribution in [1.82, 2.24) is 5.32 Å². The first-order valence-electron chi connectivity index (χ1n) is 10.0. The van der Waals surface area contributed by atoms with Crippen molar-refractivity contribution in [3.8, 4) is 5.75 Å². The second-order valence-corrected chi connectivity index (χ2v) is 9.19. The van der Waals surface area contributed by atoms with Gasteiger partial charge in [-0.25, -0.2) is 8.42 Å². The number of carbonyl (C=O) groups excluding carboxylic acids is 1. The number of benzene rings is 2. The van der Waals surface area contributed by atoms with Crippen LogP contribution < -0.4 is 14.4 Å². The van der Waals surface area contributed by atoms with Gasteiger partial charge in [-0.15, -0.1) is 0 Å². The number of rotatable bonds is 8. The summed E-state index contributed by atoms with van der Waals surface area (Å²) in [6, 6.07) is 13.9. The SMILES string of the molecule is CCC[C@@H](C)NC(=O)COc1ccc(S(=O)(=O)N2CCCc3ccccc32)cc1. The molecule has 0 bridgehead atoms. The van der Waals surface area contributed by atoms with E-state index in [-0.39, 0.29) is 23.5 Å². The molecule has 0 saturated heterocycles. The third-order valence-electron chi connectivity index (χ3n) is 4.98. The van der Waals surface area contributed by atoms with E-state index in [1.54, 1.807) is 12.1 Å². The normalized spacial score (nSPS) is 14.8. The van der Waals surface area contributed by atoms with E-state index in [1.807, 2.05) is 31.2 Å². The third-order valence-corrected chi connectivity index (χ3v) is 6.81. The predicted molar refractivity (Wildman–Crippen MR) is 114 cm³/mol. The van der Waals surface area contributed by atoms with Gasteiger partial charge in [-0.2, -0.15) is 0 Å². The van der Waals surface area contributed by atoms with Gasteiger partial charge in [0.2, 0.25) is 0 Å². The maximum absolute atomic E-state index is 13.1. The van der Waals surface area contributed by atoms with Crippen LogP contribution in [0.2, 0.25) is 0 Å². The fraction of sp³-hybridized carbons (Fsp3) is 0.409. The highest BCUT2D eigenvalue weighted by Gasteiger charge is 2.28. The van der Waals surface area contributed by atoms with E-state index in [4.69, 9.17) is 4.74 Å². The first-order valence-corrected chi connectivity index (χ1v) is 11.5. The molecule has 2 aromatic carbocycles. The molecule has 0 aromatic heterocycles.